The smallest absolute Gasteiger partial charge is 0.339 e. The van der Waals surface area contributed by atoms with Crippen LogP contribution in [0, 0.1) is 11.6 Å². The molecule has 32 heavy (non-hydrogen) atoms. The molecule has 0 N–H and O–H groups in total. The van der Waals surface area contributed by atoms with Crippen molar-refractivity contribution in [1.82, 2.24) is 14.8 Å². The molecule has 3 aromatic rings. The minimum absolute atomic E-state index is 0.0809. The number of carbonyl (C=O) groups excluding carboxylic acids is 1. The van der Waals surface area contributed by atoms with Crippen molar-refractivity contribution < 1.29 is 18.3 Å². The molecule has 0 amide bonds. The lowest BCUT2D eigenvalue weighted by atomic mass is 9.96. The molecule has 0 saturated carbocycles. The number of aromatic nitrogens is 1. The average Bonchev–Trinajstić information content (AvgIpc) is 2.82. The molecule has 5 nitrogen and oxygen atoms in total. The minimum Gasteiger partial charge on any atom is -0.465 e. The largest absolute Gasteiger partial charge is 0.465 e. The second kappa shape index (κ2) is 9.97. The number of piperazine rings is 1. The van der Waals surface area contributed by atoms with E-state index in [-0.39, 0.29) is 17.7 Å². The van der Waals surface area contributed by atoms with Crippen LogP contribution in [-0.2, 0) is 11.3 Å². The molecule has 7 heteroatoms. The number of nitrogens with zero attached hydrogens (tertiary/aromatic N) is 3. The van der Waals surface area contributed by atoms with E-state index in [9.17, 15) is 13.6 Å². The van der Waals surface area contributed by atoms with Gasteiger partial charge in [-0.15, -0.1) is 0 Å². The second-order valence-corrected chi connectivity index (χ2v) is 7.89. The molecule has 0 spiro atoms. The van der Waals surface area contributed by atoms with Gasteiger partial charge >= 0.3 is 5.97 Å². The van der Waals surface area contributed by atoms with Crippen LogP contribution in [0.2, 0.25) is 0 Å². The Hall–Kier alpha value is -3.16. The molecule has 4 rings (SSSR count). The van der Waals surface area contributed by atoms with Crippen molar-refractivity contribution in [3.05, 3.63) is 101 Å². The molecule has 1 aromatic heterocycles. The highest BCUT2D eigenvalue weighted by Gasteiger charge is 2.26. The predicted molar refractivity (Wildman–Crippen MR) is 117 cm³/mol. The number of halogens is 2. The zero-order valence-corrected chi connectivity index (χ0v) is 17.9. The highest BCUT2D eigenvalue weighted by atomic mass is 19.1. The summed E-state index contributed by atoms with van der Waals surface area (Å²) in [5, 5.41) is 0. The molecular weight excluding hydrogens is 412 g/mol. The molecule has 2 heterocycles. The molecule has 166 valence electrons. The normalized spacial score (nSPS) is 15.1. The number of ether oxygens (including phenoxy) is 1. The zero-order valence-electron chi connectivity index (χ0n) is 17.9. The Morgan fingerprint density at radius 3 is 2.03 bits per heavy atom. The van der Waals surface area contributed by atoms with Crippen LogP contribution in [0.25, 0.3) is 0 Å². The maximum atomic E-state index is 13.5. The van der Waals surface area contributed by atoms with Crippen LogP contribution in [0.1, 0.15) is 33.1 Å². The summed E-state index contributed by atoms with van der Waals surface area (Å²) in [6, 6.07) is 14.7. The third-order valence-electron chi connectivity index (χ3n) is 5.77. The van der Waals surface area contributed by atoms with Gasteiger partial charge in [0, 0.05) is 45.1 Å². The van der Waals surface area contributed by atoms with Crippen LogP contribution in [0.4, 0.5) is 8.78 Å². The summed E-state index contributed by atoms with van der Waals surface area (Å²) in [4.78, 5) is 20.6. The minimum atomic E-state index is -0.398. The van der Waals surface area contributed by atoms with E-state index in [2.05, 4.69) is 14.8 Å². The number of hydrogen-bond donors (Lipinski definition) is 0. The third-order valence-corrected chi connectivity index (χ3v) is 5.77. The van der Waals surface area contributed by atoms with Gasteiger partial charge in [-0.25, -0.2) is 13.6 Å². The Morgan fingerprint density at radius 1 is 0.938 bits per heavy atom. The van der Waals surface area contributed by atoms with Crippen molar-refractivity contribution in [2.75, 3.05) is 33.3 Å². The molecule has 1 fully saturated rings. The Morgan fingerprint density at radius 2 is 1.50 bits per heavy atom. The van der Waals surface area contributed by atoms with Gasteiger partial charge in [-0.2, -0.15) is 0 Å². The first kappa shape index (κ1) is 22.0. The zero-order chi connectivity index (χ0) is 22.5. The second-order valence-electron chi connectivity index (χ2n) is 7.89. The predicted octanol–water partition coefficient (Wildman–Crippen LogP) is 4.05. The van der Waals surface area contributed by atoms with E-state index in [1.54, 1.807) is 30.5 Å². The standard InChI is InChI=1S/C25H25F2N3O2/c1-32-25(31)21-14-18(15-28-16-21)17-29-10-12-30(13-11-29)24(19-2-6-22(26)7-3-19)20-4-8-23(27)9-5-20/h2-9,14-16,24H,10-13,17H2,1H3. The van der Waals surface area contributed by atoms with Crippen molar-refractivity contribution >= 4 is 5.97 Å². The molecule has 1 aliphatic rings. The maximum Gasteiger partial charge on any atom is 0.339 e. The molecule has 0 bridgehead atoms. The number of hydrogen-bond acceptors (Lipinski definition) is 5. The average molecular weight is 437 g/mol. The number of benzene rings is 2. The fourth-order valence-electron chi connectivity index (χ4n) is 4.15. The molecular formula is C25H25F2N3O2. The van der Waals surface area contributed by atoms with Crippen LogP contribution in [0.3, 0.4) is 0 Å². The number of methoxy groups -OCH3 is 1. The third kappa shape index (κ3) is 5.18. The Kier molecular flexibility index (Phi) is 6.87. The van der Waals surface area contributed by atoms with Crippen LogP contribution in [0.15, 0.2) is 67.0 Å². The van der Waals surface area contributed by atoms with E-state index >= 15 is 0 Å². The van der Waals surface area contributed by atoms with Crippen molar-refractivity contribution in [1.29, 1.82) is 0 Å². The first-order chi connectivity index (χ1) is 15.5. The van der Waals surface area contributed by atoms with Crippen LogP contribution in [0.5, 0.6) is 0 Å². The lowest BCUT2D eigenvalue weighted by Crippen LogP contribution is -2.47. The maximum absolute atomic E-state index is 13.5. The van der Waals surface area contributed by atoms with E-state index in [1.165, 1.54) is 37.6 Å². The van der Waals surface area contributed by atoms with Gasteiger partial charge in [0.1, 0.15) is 11.6 Å². The Bertz CT molecular complexity index is 1000. The van der Waals surface area contributed by atoms with Crippen LogP contribution >= 0.6 is 0 Å². The highest BCUT2D eigenvalue weighted by Crippen LogP contribution is 2.30. The monoisotopic (exact) mass is 437 g/mol. The van der Waals surface area contributed by atoms with Gasteiger partial charge < -0.3 is 4.74 Å². The summed E-state index contributed by atoms with van der Waals surface area (Å²) >= 11 is 0. The fourth-order valence-corrected chi connectivity index (χ4v) is 4.15. The van der Waals surface area contributed by atoms with E-state index in [1.807, 2.05) is 6.07 Å². The summed E-state index contributed by atoms with van der Waals surface area (Å²) in [5.41, 5.74) is 3.34. The van der Waals surface area contributed by atoms with Gasteiger partial charge in [0.15, 0.2) is 0 Å². The fraction of sp³-hybridized carbons (Fsp3) is 0.280. The molecule has 0 unspecified atom stereocenters. The molecule has 0 aliphatic carbocycles. The SMILES string of the molecule is COC(=O)c1cncc(CN2CCN(C(c3ccc(F)cc3)c3ccc(F)cc3)CC2)c1. The van der Waals surface area contributed by atoms with Crippen LogP contribution in [-0.4, -0.2) is 54.0 Å². The first-order valence-electron chi connectivity index (χ1n) is 10.5. The molecule has 0 radical (unpaired) electrons. The van der Waals surface area contributed by atoms with Crippen molar-refractivity contribution in [3.63, 3.8) is 0 Å². The topological polar surface area (TPSA) is 45.7 Å². The van der Waals surface area contributed by atoms with E-state index in [0.29, 0.717) is 12.1 Å². The number of esters is 1. The highest BCUT2D eigenvalue weighted by molar-refractivity contribution is 5.89. The summed E-state index contributed by atoms with van der Waals surface area (Å²) < 4.78 is 31.8. The molecule has 0 atom stereocenters. The van der Waals surface area contributed by atoms with E-state index in [0.717, 1.165) is 42.9 Å². The van der Waals surface area contributed by atoms with Crippen molar-refractivity contribution in [3.8, 4) is 0 Å². The van der Waals surface area contributed by atoms with Gasteiger partial charge in [0.05, 0.1) is 18.7 Å². The summed E-state index contributed by atoms with van der Waals surface area (Å²) in [6.45, 7) is 3.92. The van der Waals surface area contributed by atoms with Gasteiger partial charge in [0.2, 0.25) is 0 Å². The van der Waals surface area contributed by atoms with Crippen LogP contribution < -0.4 is 0 Å². The quantitative estimate of drug-likeness (QED) is 0.545. The van der Waals surface area contributed by atoms with E-state index < -0.39 is 5.97 Å². The number of carbonyl (C=O) groups is 1. The van der Waals surface area contributed by atoms with Crippen molar-refractivity contribution in [2.24, 2.45) is 0 Å². The molecule has 1 aliphatic heterocycles. The van der Waals surface area contributed by atoms with Gasteiger partial charge in [-0.05, 0) is 47.0 Å². The number of pyridine rings is 1. The lowest BCUT2D eigenvalue weighted by molar-refractivity contribution is 0.0599. The first-order valence-corrected chi connectivity index (χ1v) is 10.5. The molecule has 2 aromatic carbocycles. The number of rotatable bonds is 6. The van der Waals surface area contributed by atoms with E-state index in [4.69, 9.17) is 4.74 Å². The van der Waals surface area contributed by atoms with Crippen molar-refractivity contribution in [2.45, 2.75) is 12.6 Å². The summed E-state index contributed by atoms with van der Waals surface area (Å²) in [7, 11) is 1.35. The lowest BCUT2D eigenvalue weighted by Gasteiger charge is -2.39. The van der Waals surface area contributed by atoms with Gasteiger partial charge in [-0.3, -0.25) is 14.8 Å². The summed E-state index contributed by atoms with van der Waals surface area (Å²) in [6.07, 6.45) is 3.27. The Balaban J connectivity index is 1.47. The Labute approximate surface area is 186 Å². The van der Waals surface area contributed by atoms with Gasteiger partial charge in [-0.1, -0.05) is 24.3 Å². The van der Waals surface area contributed by atoms with Gasteiger partial charge in [0.25, 0.3) is 0 Å². The summed E-state index contributed by atoms with van der Waals surface area (Å²) in [5.74, 6) is -0.955. The molecule has 1 saturated heterocycles.